The lowest BCUT2D eigenvalue weighted by molar-refractivity contribution is -0.199. The van der Waals surface area contributed by atoms with E-state index in [1.54, 1.807) is 6.33 Å². The molecule has 0 radical (unpaired) electrons. The van der Waals surface area contributed by atoms with Gasteiger partial charge < -0.3 is 24.9 Å². The summed E-state index contributed by atoms with van der Waals surface area (Å²) >= 11 is 6.30. The number of aromatic amines is 1. The number of anilines is 1. The third kappa shape index (κ3) is 4.94. The number of nitrogens with zero attached hydrogens (tertiary/aromatic N) is 6. The molecule has 4 aromatic rings. The molecule has 0 unspecified atom stereocenters. The summed E-state index contributed by atoms with van der Waals surface area (Å²) in [7, 11) is 0. The first kappa shape index (κ1) is 28.0. The van der Waals surface area contributed by atoms with Gasteiger partial charge in [0.25, 0.3) is 0 Å². The minimum Gasteiger partial charge on any atom is -0.382 e. The molecule has 3 fully saturated rings. The quantitative estimate of drug-likeness (QED) is 0.296. The van der Waals surface area contributed by atoms with E-state index in [1.165, 1.54) is 19.2 Å². The Bertz CT molecular complexity index is 1570. The lowest BCUT2D eigenvalue weighted by atomic mass is 9.76. The molecule has 11 nitrogen and oxygen atoms in total. The van der Waals surface area contributed by atoms with Crippen molar-refractivity contribution in [3.8, 4) is 0 Å². The molecule has 4 atom stereocenters. The zero-order valence-corrected chi connectivity index (χ0v) is 25.5. The molecular formula is C30H39ClN8O3. The van der Waals surface area contributed by atoms with Crippen LogP contribution in [0.3, 0.4) is 0 Å². The number of nitrogens with one attached hydrogen (secondary N) is 1. The Morgan fingerprint density at radius 3 is 2.74 bits per heavy atom. The Hall–Kier alpha value is -2.83. The summed E-state index contributed by atoms with van der Waals surface area (Å²) in [5.41, 5.74) is 10.3. The van der Waals surface area contributed by atoms with E-state index in [4.69, 9.17) is 36.5 Å². The standard InChI is InChI=1S/C30H39ClN8O3/c1-15(2)38(18-9-17(10-18)6-7-23-36-20-8-16(3)19(31)11-21(20)37-23)12-22-25-26(42-30(4,5)41-25)29(40-22)39-14-35-24-27(32)33-13-34-28(24)39/h8,11,13-15,17-18,22,25-26,29H,6-7,9-10,12H2,1-5H3,(H,36,37)(H2,32,33,34)/t17-,18-,22-,25-,26-,29-/m1/s1. The number of hydrogen-bond donors (Lipinski definition) is 2. The van der Waals surface area contributed by atoms with Crippen molar-refractivity contribution < 1.29 is 14.2 Å². The fourth-order valence-electron chi connectivity index (χ4n) is 6.93. The minimum absolute atomic E-state index is 0.161. The molecule has 2 aliphatic heterocycles. The number of hydrogen-bond acceptors (Lipinski definition) is 9. The Balaban J connectivity index is 1.02. The van der Waals surface area contributed by atoms with Gasteiger partial charge >= 0.3 is 0 Å². The van der Waals surface area contributed by atoms with Gasteiger partial charge in [0, 0.05) is 30.1 Å². The van der Waals surface area contributed by atoms with Gasteiger partial charge in [0.15, 0.2) is 23.5 Å². The topological polar surface area (TPSA) is 129 Å². The van der Waals surface area contributed by atoms with Crippen molar-refractivity contribution in [1.29, 1.82) is 0 Å². The average molecular weight is 595 g/mol. The Kier molecular flexibility index (Phi) is 6.93. The molecule has 0 bridgehead atoms. The molecule has 2 saturated heterocycles. The number of aromatic nitrogens is 6. The van der Waals surface area contributed by atoms with Gasteiger partial charge in [-0.25, -0.2) is 19.9 Å². The van der Waals surface area contributed by atoms with E-state index in [0.29, 0.717) is 35.0 Å². The molecule has 1 saturated carbocycles. The minimum atomic E-state index is -0.703. The van der Waals surface area contributed by atoms with Crippen LogP contribution in [0, 0.1) is 12.8 Å². The molecule has 1 aromatic carbocycles. The predicted molar refractivity (Wildman–Crippen MR) is 160 cm³/mol. The van der Waals surface area contributed by atoms with Crippen molar-refractivity contribution in [3.63, 3.8) is 0 Å². The normalized spacial score (nSPS) is 28.8. The van der Waals surface area contributed by atoms with E-state index >= 15 is 0 Å². The van der Waals surface area contributed by atoms with E-state index in [0.717, 1.165) is 46.8 Å². The van der Waals surface area contributed by atoms with Crippen LogP contribution < -0.4 is 5.73 Å². The average Bonchev–Trinajstić information content (AvgIpc) is 3.65. The third-order valence-corrected chi connectivity index (χ3v) is 9.53. The molecule has 42 heavy (non-hydrogen) atoms. The summed E-state index contributed by atoms with van der Waals surface area (Å²) in [6, 6.07) is 4.90. The van der Waals surface area contributed by atoms with Crippen molar-refractivity contribution in [2.24, 2.45) is 5.92 Å². The molecule has 12 heteroatoms. The maximum Gasteiger partial charge on any atom is 0.167 e. The molecule has 224 valence electrons. The van der Waals surface area contributed by atoms with Crippen LogP contribution >= 0.6 is 11.6 Å². The highest BCUT2D eigenvalue weighted by atomic mass is 35.5. The molecule has 0 spiro atoms. The van der Waals surface area contributed by atoms with Crippen LogP contribution in [0.2, 0.25) is 5.02 Å². The van der Waals surface area contributed by atoms with Gasteiger partial charge in [0.2, 0.25) is 0 Å². The molecule has 3 aliphatic rings. The molecule has 5 heterocycles. The predicted octanol–water partition coefficient (Wildman–Crippen LogP) is 4.79. The van der Waals surface area contributed by atoms with Crippen molar-refractivity contribution in [2.45, 2.75) is 103 Å². The number of nitrogen functional groups attached to an aromatic ring is 1. The number of aryl methyl sites for hydroxylation is 2. The second-order valence-corrected chi connectivity index (χ2v) is 13.2. The number of rotatable bonds is 8. The first-order valence-corrected chi connectivity index (χ1v) is 15.3. The molecule has 3 N–H and O–H groups in total. The van der Waals surface area contributed by atoms with Gasteiger partial charge in [-0.2, -0.15) is 0 Å². The van der Waals surface area contributed by atoms with Crippen molar-refractivity contribution >= 4 is 39.6 Å². The Labute approximate surface area is 250 Å². The van der Waals surface area contributed by atoms with Crippen molar-refractivity contribution in [3.05, 3.63) is 41.2 Å². The van der Waals surface area contributed by atoms with Crippen LogP contribution in [0.5, 0.6) is 0 Å². The largest absolute Gasteiger partial charge is 0.382 e. The first-order valence-electron chi connectivity index (χ1n) is 14.9. The van der Waals surface area contributed by atoms with E-state index in [9.17, 15) is 0 Å². The number of halogens is 1. The first-order chi connectivity index (χ1) is 20.1. The summed E-state index contributed by atoms with van der Waals surface area (Å²) in [5, 5.41) is 0.759. The van der Waals surface area contributed by atoms with Crippen LogP contribution in [-0.2, 0) is 20.6 Å². The molecule has 1 aliphatic carbocycles. The maximum absolute atomic E-state index is 6.70. The van der Waals surface area contributed by atoms with E-state index in [1.807, 2.05) is 31.4 Å². The van der Waals surface area contributed by atoms with E-state index in [2.05, 4.69) is 44.7 Å². The molecule has 0 amide bonds. The summed E-state index contributed by atoms with van der Waals surface area (Å²) in [6.07, 6.45) is 6.47. The summed E-state index contributed by atoms with van der Waals surface area (Å²) in [6.45, 7) is 11.2. The second kappa shape index (κ2) is 10.4. The fourth-order valence-corrected chi connectivity index (χ4v) is 7.09. The van der Waals surface area contributed by atoms with Gasteiger partial charge in [-0.1, -0.05) is 11.6 Å². The van der Waals surface area contributed by atoms with Crippen LogP contribution in [0.1, 0.15) is 64.6 Å². The van der Waals surface area contributed by atoms with Crippen molar-refractivity contribution in [1.82, 2.24) is 34.4 Å². The van der Waals surface area contributed by atoms with Gasteiger partial charge in [-0.15, -0.1) is 0 Å². The Morgan fingerprint density at radius 2 is 1.95 bits per heavy atom. The number of nitrogens with two attached hydrogens (primary N) is 1. The number of benzene rings is 1. The van der Waals surface area contributed by atoms with Crippen LogP contribution in [-0.4, -0.2) is 77.1 Å². The van der Waals surface area contributed by atoms with Crippen LogP contribution in [0.15, 0.2) is 24.8 Å². The smallest absolute Gasteiger partial charge is 0.167 e. The van der Waals surface area contributed by atoms with Gasteiger partial charge in [-0.05, 0) is 77.5 Å². The second-order valence-electron chi connectivity index (χ2n) is 12.8. The van der Waals surface area contributed by atoms with Gasteiger partial charge in [0.05, 0.1) is 17.4 Å². The van der Waals surface area contributed by atoms with E-state index in [-0.39, 0.29) is 18.3 Å². The summed E-state index contributed by atoms with van der Waals surface area (Å²) in [4.78, 5) is 23.8. The van der Waals surface area contributed by atoms with Crippen molar-refractivity contribution in [2.75, 3.05) is 12.3 Å². The third-order valence-electron chi connectivity index (χ3n) is 9.12. The zero-order chi connectivity index (χ0) is 29.3. The lowest BCUT2D eigenvalue weighted by Gasteiger charge is -2.46. The molecule has 3 aromatic heterocycles. The summed E-state index contributed by atoms with van der Waals surface area (Å²) in [5.74, 6) is 1.35. The monoisotopic (exact) mass is 594 g/mol. The SMILES string of the molecule is Cc1cc2[nH]c(CC[C@H]3C[C@H](N(C[C@H]4O[C@@H](n5cnc6c(N)ncnc65)[C@@H]5OC(C)(C)O[C@@H]54)C(C)C)C3)nc2cc1Cl. The molecule has 7 rings (SSSR count). The Morgan fingerprint density at radius 1 is 1.17 bits per heavy atom. The van der Waals surface area contributed by atoms with Crippen LogP contribution in [0.4, 0.5) is 5.82 Å². The van der Waals surface area contributed by atoms with Gasteiger partial charge in [0.1, 0.15) is 36.0 Å². The number of H-pyrrole nitrogens is 1. The molecular weight excluding hydrogens is 556 g/mol. The van der Waals surface area contributed by atoms with E-state index < -0.39 is 12.0 Å². The lowest BCUT2D eigenvalue weighted by Crippen LogP contribution is -2.52. The van der Waals surface area contributed by atoms with Gasteiger partial charge in [-0.3, -0.25) is 9.47 Å². The fraction of sp³-hybridized carbons (Fsp3) is 0.600. The summed E-state index contributed by atoms with van der Waals surface area (Å²) < 4.78 is 21.4. The highest BCUT2D eigenvalue weighted by Crippen LogP contribution is 2.45. The number of ether oxygens (including phenoxy) is 3. The maximum atomic E-state index is 6.70. The highest BCUT2D eigenvalue weighted by molar-refractivity contribution is 6.32. The number of fused-ring (bicyclic) bond motifs is 3. The number of imidazole rings is 2. The highest BCUT2D eigenvalue weighted by Gasteiger charge is 2.56. The zero-order valence-electron chi connectivity index (χ0n) is 24.7. The van der Waals surface area contributed by atoms with Crippen LogP contribution in [0.25, 0.3) is 22.2 Å².